The van der Waals surface area contributed by atoms with Crippen LogP contribution in [0.15, 0.2) is 12.2 Å². The number of carbonyl (C=O) groups is 2. The first-order valence-corrected chi connectivity index (χ1v) is 4.52. The highest BCUT2D eigenvalue weighted by Gasteiger charge is 2.60. The van der Waals surface area contributed by atoms with Gasteiger partial charge in [0.2, 0.25) is 11.8 Å². The quantitative estimate of drug-likeness (QED) is 0.445. The fourth-order valence-corrected chi connectivity index (χ4v) is 2.15. The molecule has 0 saturated carbocycles. The minimum atomic E-state index is -0.529. The number of rotatable bonds is 0. The van der Waals surface area contributed by atoms with E-state index in [9.17, 15) is 9.59 Å². The second-order valence-electron chi connectivity index (χ2n) is 4.33. The highest BCUT2D eigenvalue weighted by Crippen LogP contribution is 2.51. The largest absolute Gasteiger partial charge is 0.295 e. The van der Waals surface area contributed by atoms with Crippen molar-refractivity contribution in [3.8, 4) is 0 Å². The van der Waals surface area contributed by atoms with Crippen molar-refractivity contribution in [3.05, 3.63) is 12.2 Å². The molecule has 2 rings (SSSR count). The van der Waals surface area contributed by atoms with Crippen molar-refractivity contribution in [3.63, 3.8) is 0 Å². The van der Waals surface area contributed by atoms with Crippen LogP contribution in [0.4, 0.5) is 0 Å². The molecular weight excluding hydrogens is 166 g/mol. The minimum Gasteiger partial charge on any atom is -0.295 e. The Labute approximate surface area is 77.2 Å². The zero-order chi connectivity index (χ0) is 9.69. The van der Waals surface area contributed by atoms with E-state index in [-0.39, 0.29) is 11.8 Å². The van der Waals surface area contributed by atoms with Crippen LogP contribution in [0.3, 0.4) is 0 Å². The number of hydrogen-bond acceptors (Lipinski definition) is 2. The average molecular weight is 179 g/mol. The van der Waals surface area contributed by atoms with Gasteiger partial charge < -0.3 is 0 Å². The van der Waals surface area contributed by atoms with Crippen LogP contribution in [0.1, 0.15) is 26.7 Å². The van der Waals surface area contributed by atoms with E-state index in [1.807, 2.05) is 26.0 Å². The lowest BCUT2D eigenvalue weighted by molar-refractivity contribution is -0.132. The van der Waals surface area contributed by atoms with Gasteiger partial charge in [-0.05, 0) is 26.7 Å². The van der Waals surface area contributed by atoms with Gasteiger partial charge in [0.05, 0.1) is 10.8 Å². The maximum absolute atomic E-state index is 11.6. The molecule has 1 saturated heterocycles. The molecular formula is C10H13NO2. The number of fused-ring (bicyclic) bond motifs is 1. The lowest BCUT2D eigenvalue weighted by Gasteiger charge is -2.37. The van der Waals surface area contributed by atoms with Crippen LogP contribution in [0.25, 0.3) is 0 Å². The highest BCUT2D eigenvalue weighted by atomic mass is 16.2. The molecule has 3 nitrogen and oxygen atoms in total. The van der Waals surface area contributed by atoms with E-state index in [0.29, 0.717) is 12.8 Å². The van der Waals surface area contributed by atoms with Gasteiger partial charge in [-0.2, -0.15) is 0 Å². The summed E-state index contributed by atoms with van der Waals surface area (Å²) in [6.45, 7) is 3.74. The average Bonchev–Trinajstić information content (AvgIpc) is 2.25. The van der Waals surface area contributed by atoms with Crippen molar-refractivity contribution in [1.82, 2.24) is 5.32 Å². The first-order chi connectivity index (χ1) is 6.01. The lowest BCUT2D eigenvalue weighted by atomic mass is 9.61. The number of allylic oxidation sites excluding steroid dienone is 2. The van der Waals surface area contributed by atoms with Gasteiger partial charge in [0.1, 0.15) is 0 Å². The Balaban J connectivity index is 2.54. The van der Waals surface area contributed by atoms with E-state index >= 15 is 0 Å². The maximum Gasteiger partial charge on any atom is 0.233 e. The van der Waals surface area contributed by atoms with Crippen LogP contribution < -0.4 is 5.32 Å². The van der Waals surface area contributed by atoms with E-state index in [1.54, 1.807) is 0 Å². The number of carbonyl (C=O) groups excluding carboxylic acids is 2. The SMILES string of the molecule is C[C@@]12CC=CC[C@]1(C)C(=O)NC2=O. The summed E-state index contributed by atoms with van der Waals surface area (Å²) in [7, 11) is 0. The molecule has 1 aliphatic heterocycles. The fourth-order valence-electron chi connectivity index (χ4n) is 2.15. The lowest BCUT2D eigenvalue weighted by Crippen LogP contribution is -2.41. The van der Waals surface area contributed by atoms with E-state index in [4.69, 9.17) is 0 Å². The Hall–Kier alpha value is -1.12. The van der Waals surface area contributed by atoms with E-state index in [0.717, 1.165) is 0 Å². The Morgan fingerprint density at radius 1 is 1.08 bits per heavy atom. The van der Waals surface area contributed by atoms with Gasteiger partial charge in [-0.3, -0.25) is 14.9 Å². The van der Waals surface area contributed by atoms with E-state index in [1.165, 1.54) is 0 Å². The van der Waals surface area contributed by atoms with Gasteiger partial charge in [0, 0.05) is 0 Å². The highest BCUT2D eigenvalue weighted by molar-refractivity contribution is 6.09. The van der Waals surface area contributed by atoms with Crippen molar-refractivity contribution in [2.45, 2.75) is 26.7 Å². The molecule has 1 aliphatic carbocycles. The Kier molecular flexibility index (Phi) is 1.45. The fraction of sp³-hybridized carbons (Fsp3) is 0.600. The van der Waals surface area contributed by atoms with Gasteiger partial charge in [-0.15, -0.1) is 0 Å². The van der Waals surface area contributed by atoms with Crippen LogP contribution in [-0.2, 0) is 9.59 Å². The molecule has 70 valence electrons. The van der Waals surface area contributed by atoms with E-state index < -0.39 is 10.8 Å². The van der Waals surface area contributed by atoms with Gasteiger partial charge >= 0.3 is 0 Å². The zero-order valence-electron chi connectivity index (χ0n) is 7.89. The standard InChI is InChI=1S/C10H13NO2/c1-9-5-3-4-6-10(9,2)8(13)11-7(9)12/h3-4H,5-6H2,1-2H3,(H,11,12,13)/t9-,10+. The summed E-state index contributed by atoms with van der Waals surface area (Å²) in [5.74, 6) is -0.242. The molecule has 3 heteroatoms. The first kappa shape index (κ1) is 8.48. The van der Waals surface area contributed by atoms with Crippen LogP contribution in [0.5, 0.6) is 0 Å². The summed E-state index contributed by atoms with van der Waals surface area (Å²) in [4.78, 5) is 23.2. The van der Waals surface area contributed by atoms with Crippen molar-refractivity contribution in [2.24, 2.45) is 10.8 Å². The smallest absolute Gasteiger partial charge is 0.233 e. The van der Waals surface area contributed by atoms with Crippen molar-refractivity contribution in [1.29, 1.82) is 0 Å². The third-order valence-electron chi connectivity index (χ3n) is 3.67. The molecule has 0 aromatic heterocycles. The second kappa shape index (κ2) is 2.22. The summed E-state index contributed by atoms with van der Waals surface area (Å²) >= 11 is 0. The summed E-state index contributed by atoms with van der Waals surface area (Å²) in [6.07, 6.45) is 5.31. The molecule has 2 amide bonds. The van der Waals surface area contributed by atoms with Crippen LogP contribution in [0.2, 0.25) is 0 Å². The summed E-state index contributed by atoms with van der Waals surface area (Å²) in [5.41, 5.74) is -1.06. The zero-order valence-corrected chi connectivity index (χ0v) is 7.89. The van der Waals surface area contributed by atoms with Crippen LogP contribution in [-0.4, -0.2) is 11.8 Å². The maximum atomic E-state index is 11.6. The minimum absolute atomic E-state index is 0.121. The molecule has 0 spiro atoms. The predicted molar refractivity (Wildman–Crippen MR) is 47.7 cm³/mol. The third kappa shape index (κ3) is 0.794. The number of hydrogen-bond donors (Lipinski definition) is 1. The molecule has 0 unspecified atom stereocenters. The molecule has 0 bridgehead atoms. The summed E-state index contributed by atoms with van der Waals surface area (Å²) in [5, 5.41) is 2.42. The van der Waals surface area contributed by atoms with Gasteiger partial charge in [0.15, 0.2) is 0 Å². The van der Waals surface area contributed by atoms with Gasteiger partial charge in [-0.1, -0.05) is 12.2 Å². The monoisotopic (exact) mass is 179 g/mol. The third-order valence-corrected chi connectivity index (χ3v) is 3.67. The van der Waals surface area contributed by atoms with Crippen LogP contribution >= 0.6 is 0 Å². The number of imide groups is 1. The van der Waals surface area contributed by atoms with Gasteiger partial charge in [0.25, 0.3) is 0 Å². The molecule has 1 N–H and O–H groups in total. The van der Waals surface area contributed by atoms with E-state index in [2.05, 4.69) is 5.32 Å². The Morgan fingerprint density at radius 3 is 1.85 bits per heavy atom. The molecule has 0 aromatic carbocycles. The van der Waals surface area contributed by atoms with Crippen molar-refractivity contribution < 1.29 is 9.59 Å². The van der Waals surface area contributed by atoms with Crippen LogP contribution in [0, 0.1) is 10.8 Å². The van der Waals surface area contributed by atoms with Gasteiger partial charge in [-0.25, -0.2) is 0 Å². The molecule has 0 aromatic rings. The summed E-state index contributed by atoms with van der Waals surface area (Å²) < 4.78 is 0. The second-order valence-corrected chi connectivity index (χ2v) is 4.33. The Morgan fingerprint density at radius 2 is 1.46 bits per heavy atom. The normalized spacial score (nSPS) is 43.2. The molecule has 1 fully saturated rings. The molecule has 2 aliphatic rings. The summed E-state index contributed by atoms with van der Waals surface area (Å²) in [6, 6.07) is 0. The number of amides is 2. The molecule has 1 heterocycles. The topological polar surface area (TPSA) is 46.2 Å². The predicted octanol–water partition coefficient (Wildman–Crippen LogP) is 1.01. The number of nitrogens with one attached hydrogen (secondary N) is 1. The van der Waals surface area contributed by atoms with Crippen molar-refractivity contribution in [2.75, 3.05) is 0 Å². The first-order valence-electron chi connectivity index (χ1n) is 4.52. The molecule has 0 radical (unpaired) electrons. The molecule has 2 atom stereocenters. The molecule has 13 heavy (non-hydrogen) atoms. The Bertz CT molecular complexity index is 291. The van der Waals surface area contributed by atoms with Crippen molar-refractivity contribution >= 4 is 11.8 Å².